The van der Waals surface area contributed by atoms with E-state index in [9.17, 15) is 28.8 Å². The molecule has 2 amide bonds. The Bertz CT molecular complexity index is 2180. The molecule has 12 nitrogen and oxygen atoms in total. The third-order valence-electron chi connectivity index (χ3n) is 8.63. The van der Waals surface area contributed by atoms with E-state index in [1.165, 1.54) is 28.3 Å². The second-order valence-corrected chi connectivity index (χ2v) is 15.9. The molecule has 0 aliphatic carbocycles. The number of hydrogen-bond donors (Lipinski definition) is 2. The quantitative estimate of drug-likeness (QED) is 0.0479. The average Bonchev–Trinajstić information content (AvgIpc) is 3.30. The normalized spacial score (nSPS) is 10.7. The molecule has 4 aromatic rings. The molecule has 0 radical (unpaired) electrons. The Hall–Kier alpha value is -5.26. The Labute approximate surface area is 396 Å². The van der Waals surface area contributed by atoms with Gasteiger partial charge in [0.1, 0.15) is 13.2 Å². The van der Waals surface area contributed by atoms with Gasteiger partial charge in [0.25, 0.3) is 11.8 Å². The van der Waals surface area contributed by atoms with Crippen LogP contribution in [0.15, 0.2) is 97.1 Å². The molecule has 0 aliphatic rings. The van der Waals surface area contributed by atoms with E-state index >= 15 is 0 Å². The van der Waals surface area contributed by atoms with E-state index in [4.69, 9.17) is 45.0 Å². The van der Waals surface area contributed by atoms with Gasteiger partial charge in [0.2, 0.25) is 0 Å². The minimum Gasteiger partial charge on any atom is -0.467 e. The van der Waals surface area contributed by atoms with Crippen LogP contribution in [0.3, 0.4) is 0 Å². The second kappa shape index (κ2) is 29.9. The number of likely N-dealkylation sites (N-methyl/N-ethyl adjacent to an activating group) is 2. The van der Waals surface area contributed by atoms with Crippen molar-refractivity contribution in [2.45, 2.75) is 43.1 Å². The van der Waals surface area contributed by atoms with Gasteiger partial charge >= 0.3 is 11.9 Å². The Balaban J connectivity index is 0.000000540. The van der Waals surface area contributed by atoms with E-state index in [1.807, 2.05) is 66.6 Å². The highest BCUT2D eigenvalue weighted by Gasteiger charge is 2.35. The predicted molar refractivity (Wildman–Crippen MR) is 254 cm³/mol. The maximum absolute atomic E-state index is 12.8. The summed E-state index contributed by atoms with van der Waals surface area (Å²) in [6, 6.07) is 27.0. The predicted octanol–water partition coefficient (Wildman–Crippen LogP) is 7.44. The number of hydrogen-bond acceptors (Lipinski definition) is 10. The number of nitrogens with zero attached hydrogens (tertiary/aromatic N) is 2. The molecule has 0 spiro atoms. The maximum Gasteiger partial charge on any atom is 0.336 e. The lowest BCUT2D eigenvalue weighted by Crippen LogP contribution is -2.48. The van der Waals surface area contributed by atoms with Crippen LogP contribution in [0.1, 0.15) is 53.0 Å². The zero-order valence-corrected chi connectivity index (χ0v) is 39.9. The zero-order valence-electron chi connectivity index (χ0n) is 35.4. The van der Waals surface area contributed by atoms with Gasteiger partial charge in [-0.3, -0.25) is 19.2 Å². The first-order valence-electron chi connectivity index (χ1n) is 18.8. The number of Topliss-reactive ketones (excluding diaryl/α,β-unsaturated/α-hetero) is 2. The molecule has 0 saturated heterocycles. The first-order chi connectivity index (χ1) is 30.0. The maximum atomic E-state index is 12.8. The molecule has 0 fully saturated rings. The summed E-state index contributed by atoms with van der Waals surface area (Å²) < 4.78 is 9.75. The average molecular weight is 1030 g/mol. The van der Waals surface area contributed by atoms with Crippen LogP contribution in [0.2, 0.25) is 0 Å². The van der Waals surface area contributed by atoms with E-state index in [1.54, 1.807) is 50.2 Å². The molecule has 63 heavy (non-hydrogen) atoms. The number of esters is 2. The summed E-state index contributed by atoms with van der Waals surface area (Å²) in [7, 11) is 5.24. The molecule has 0 aliphatic heterocycles. The van der Waals surface area contributed by atoms with Gasteiger partial charge in [-0.25, -0.2) is 9.59 Å². The number of terminal acetylenes is 1. The van der Waals surface area contributed by atoms with Gasteiger partial charge in [-0.05, 0) is 93.4 Å². The van der Waals surface area contributed by atoms with E-state index < -0.39 is 40.1 Å². The van der Waals surface area contributed by atoms with Gasteiger partial charge in [-0.15, -0.1) is 6.42 Å². The smallest absolute Gasteiger partial charge is 0.336 e. The van der Waals surface area contributed by atoms with Crippen molar-refractivity contribution in [3.05, 3.63) is 117 Å². The number of aliphatic hydroxyl groups is 2. The molecule has 0 aromatic heterocycles. The van der Waals surface area contributed by atoms with Gasteiger partial charge in [0.05, 0.1) is 14.2 Å². The van der Waals surface area contributed by atoms with Crippen molar-refractivity contribution in [3.8, 4) is 46.4 Å². The minimum absolute atomic E-state index is 0.120. The number of halogens is 4. The summed E-state index contributed by atoms with van der Waals surface area (Å²) in [5, 5.41) is 16.4. The number of amides is 2. The van der Waals surface area contributed by atoms with Crippen molar-refractivity contribution < 1.29 is 48.5 Å². The third kappa shape index (κ3) is 18.5. The van der Waals surface area contributed by atoms with Crippen molar-refractivity contribution in [1.82, 2.24) is 9.80 Å². The molecule has 2 unspecified atom stereocenters. The van der Waals surface area contributed by atoms with Crippen LogP contribution in [0.5, 0.6) is 0 Å². The fraction of sp³-hybridized carbons (Fsp3) is 0.277. The molecular weight excluding hydrogens is 986 g/mol. The summed E-state index contributed by atoms with van der Waals surface area (Å²) in [4.78, 5) is 75.7. The van der Waals surface area contributed by atoms with Crippen LogP contribution in [0.4, 0.5) is 0 Å². The number of aliphatic hydroxyl groups excluding tert-OH is 2. The van der Waals surface area contributed by atoms with Crippen molar-refractivity contribution in [3.63, 3.8) is 0 Å². The monoisotopic (exact) mass is 1030 g/mol. The SMILES string of the molecule is C#CCO.CCC(=O)C(C(=O)OC)N(C)C(=O)c1ccc(-c2ccc(C#CCO)cc2)cc1.CCC(=O)C(C(=O)OC)N(C)C(=O)c1ccc(-c2ccc(I)cc2)cc1.ClC(Cl)Cl. The molecule has 4 aromatic carbocycles. The lowest BCUT2D eigenvalue weighted by atomic mass is 10.0. The van der Waals surface area contributed by atoms with Gasteiger partial charge < -0.3 is 29.5 Å². The van der Waals surface area contributed by atoms with Crippen molar-refractivity contribution >= 4 is 92.7 Å². The Morgan fingerprint density at radius 1 is 0.619 bits per heavy atom. The van der Waals surface area contributed by atoms with E-state index in [0.717, 1.165) is 41.2 Å². The molecule has 0 bridgehead atoms. The molecule has 16 heteroatoms. The summed E-state index contributed by atoms with van der Waals surface area (Å²) >= 11 is 16.7. The fourth-order valence-corrected chi connectivity index (χ4v) is 5.76. The highest BCUT2D eigenvalue weighted by molar-refractivity contribution is 14.1. The first-order valence-corrected chi connectivity index (χ1v) is 21.2. The van der Waals surface area contributed by atoms with E-state index in [2.05, 4.69) is 50.3 Å². The van der Waals surface area contributed by atoms with Crippen LogP contribution >= 0.6 is 57.4 Å². The number of ether oxygens (including phenoxy) is 2. The van der Waals surface area contributed by atoms with Gasteiger partial charge in [-0.1, -0.05) is 115 Å². The Morgan fingerprint density at radius 2 is 0.921 bits per heavy atom. The number of methoxy groups -OCH3 is 2. The largest absolute Gasteiger partial charge is 0.467 e. The lowest BCUT2D eigenvalue weighted by Gasteiger charge is -2.24. The van der Waals surface area contributed by atoms with E-state index in [-0.39, 0.29) is 37.6 Å². The third-order valence-corrected chi connectivity index (χ3v) is 9.35. The van der Waals surface area contributed by atoms with Gasteiger partial charge in [0, 0.05) is 47.2 Å². The Morgan fingerprint density at radius 3 is 1.19 bits per heavy atom. The summed E-state index contributed by atoms with van der Waals surface area (Å²) in [5.41, 5.74) is 5.44. The summed E-state index contributed by atoms with van der Waals surface area (Å²) in [5.74, 6) is 4.34. The molecule has 0 heterocycles. The van der Waals surface area contributed by atoms with Crippen LogP contribution in [0, 0.1) is 27.8 Å². The molecular formula is C47H48Cl3IN2O10. The molecule has 2 N–H and O–H groups in total. The number of carbonyl (C=O) groups is 6. The molecule has 4 rings (SSSR count). The van der Waals surface area contributed by atoms with Crippen LogP contribution < -0.4 is 0 Å². The topological polar surface area (TPSA) is 168 Å². The lowest BCUT2D eigenvalue weighted by molar-refractivity contribution is -0.150. The number of carbonyl (C=O) groups excluding carboxylic acids is 6. The first kappa shape index (κ1) is 55.8. The van der Waals surface area contributed by atoms with Crippen molar-refractivity contribution in [2.75, 3.05) is 41.5 Å². The van der Waals surface area contributed by atoms with Crippen molar-refractivity contribution in [2.24, 2.45) is 0 Å². The molecule has 0 saturated carbocycles. The highest BCUT2D eigenvalue weighted by atomic mass is 127. The zero-order chi connectivity index (χ0) is 47.6. The number of benzene rings is 4. The van der Waals surface area contributed by atoms with E-state index in [0.29, 0.717) is 11.1 Å². The highest BCUT2D eigenvalue weighted by Crippen LogP contribution is 2.23. The summed E-state index contributed by atoms with van der Waals surface area (Å²) in [6.07, 6.45) is 4.79. The van der Waals surface area contributed by atoms with Gasteiger partial charge in [-0.2, -0.15) is 0 Å². The second-order valence-electron chi connectivity index (χ2n) is 12.6. The molecule has 334 valence electrons. The molecule has 2 atom stereocenters. The number of ketones is 2. The van der Waals surface area contributed by atoms with Crippen LogP contribution in [-0.2, 0) is 28.7 Å². The minimum atomic E-state index is -1.26. The number of rotatable bonds is 12. The van der Waals surface area contributed by atoms with Gasteiger partial charge in [0.15, 0.2) is 27.9 Å². The van der Waals surface area contributed by atoms with Crippen LogP contribution in [0.25, 0.3) is 22.3 Å². The van der Waals surface area contributed by atoms with Crippen molar-refractivity contribution in [1.29, 1.82) is 0 Å². The van der Waals surface area contributed by atoms with Crippen LogP contribution in [-0.4, -0.2) is 113 Å². The number of alkyl halides is 3. The fourth-order valence-electron chi connectivity index (χ4n) is 5.40. The Kier molecular flexibility index (Phi) is 26.5. The summed E-state index contributed by atoms with van der Waals surface area (Å²) in [6.45, 7) is 2.94. The standard InChI is InChI=1S/C23H23NO5.C20H20INO4.C3H4O.CHCl3/c1-4-20(26)21(23(28)29-3)24(2)22(27)19-13-11-18(12-14-19)17-9-7-16(8-10-17)6-5-15-25;1-4-17(23)18(20(25)26-3)22(2)19(24)15-7-5-13(6-8-15)14-9-11-16(21)12-10-14;1-2-3-4;2-1(3)4/h7-14,21,25H,4,15H2,1-3H3;5-12,18H,4H2,1-3H3;1,4H,3H2;1H.